The molecule has 0 aliphatic heterocycles. The van der Waals surface area contributed by atoms with Gasteiger partial charge in [0.05, 0.1) is 0 Å². The maximum atomic E-state index is 10.6. The van der Waals surface area contributed by atoms with Gasteiger partial charge in [-0.05, 0) is 0 Å². The fourth-order valence-corrected chi connectivity index (χ4v) is 2.85. The molecule has 16 heteroatoms. The van der Waals surface area contributed by atoms with Crippen molar-refractivity contribution < 1.29 is 117 Å². The molecule has 0 bridgehead atoms. The summed E-state index contributed by atoms with van der Waals surface area (Å²) in [7, 11) is -10.9. The normalized spacial score (nSPS) is 40.5. The molecule has 120 valence electrons. The number of rotatable bonds is 4. The van der Waals surface area contributed by atoms with Crippen molar-refractivity contribution in [3.8, 4) is 0 Å². The summed E-state index contributed by atoms with van der Waals surface area (Å²) in [5.41, 5.74) is 0. The maximum Gasteiger partial charge on any atom is 1.00 e. The Morgan fingerprint density at radius 1 is 0.682 bits per heavy atom. The Kier molecular flexibility index (Phi) is 11.6. The first kappa shape index (κ1) is 26.3. The minimum Gasteiger partial charge on any atom is -0.756 e. The van der Waals surface area contributed by atoms with E-state index in [9.17, 15) is 39.3 Å². The van der Waals surface area contributed by atoms with Gasteiger partial charge in [0.2, 0.25) is 0 Å². The van der Waals surface area contributed by atoms with E-state index in [4.69, 9.17) is 9.79 Å². The van der Waals surface area contributed by atoms with Crippen LogP contribution in [0.3, 0.4) is 0 Å². The fraction of sp³-hybridized carbons (Fsp3) is 1.00. The van der Waals surface area contributed by atoms with Gasteiger partial charge in [0, 0.05) is 0 Å². The maximum absolute atomic E-state index is 10.6. The zero-order valence-electron chi connectivity index (χ0n) is 11.5. The molecule has 6 N–H and O–H groups in total. The van der Waals surface area contributed by atoms with Crippen molar-refractivity contribution in [2.45, 2.75) is 36.6 Å². The number of phosphoric ester groups is 2. The van der Waals surface area contributed by atoms with Crippen LogP contribution in [0.15, 0.2) is 0 Å². The van der Waals surface area contributed by atoms with Gasteiger partial charge < -0.3 is 49.0 Å². The molecule has 0 aromatic carbocycles. The summed E-state index contributed by atoms with van der Waals surface area (Å²) >= 11 is 0. The van der Waals surface area contributed by atoms with E-state index in [-0.39, 0.29) is 59.1 Å². The SMILES string of the molecule is O=P([O-])(O)OC1C(O)C(O)C(O)C(OP(=O)([O-])O)C1O.[Na+].[Na+]. The van der Waals surface area contributed by atoms with Crippen molar-refractivity contribution in [2.24, 2.45) is 0 Å². The van der Waals surface area contributed by atoms with Crippen LogP contribution >= 0.6 is 15.6 Å². The zero-order valence-corrected chi connectivity index (χ0v) is 17.3. The van der Waals surface area contributed by atoms with Gasteiger partial charge in [0.15, 0.2) is 0 Å². The molecule has 12 nitrogen and oxygen atoms in total. The molecule has 0 heterocycles. The van der Waals surface area contributed by atoms with E-state index in [0.717, 1.165) is 0 Å². The molecule has 22 heavy (non-hydrogen) atoms. The minimum absolute atomic E-state index is 0. The van der Waals surface area contributed by atoms with Crippen molar-refractivity contribution in [3.05, 3.63) is 0 Å². The molecule has 0 radical (unpaired) electrons. The van der Waals surface area contributed by atoms with Crippen LogP contribution in [0, 0.1) is 0 Å². The van der Waals surface area contributed by atoms with Crippen molar-refractivity contribution >= 4 is 15.6 Å². The van der Waals surface area contributed by atoms with Gasteiger partial charge in [-0.25, -0.2) is 0 Å². The molecule has 0 aromatic heterocycles. The number of phosphoric acid groups is 2. The molecule has 0 spiro atoms. The van der Waals surface area contributed by atoms with Crippen LogP contribution in [-0.4, -0.2) is 66.8 Å². The van der Waals surface area contributed by atoms with Gasteiger partial charge in [-0.15, -0.1) is 0 Å². The van der Waals surface area contributed by atoms with Gasteiger partial charge in [-0.2, -0.15) is 0 Å². The van der Waals surface area contributed by atoms with Crippen LogP contribution in [0.2, 0.25) is 0 Å². The topological polar surface area (TPSA) is 220 Å². The summed E-state index contributed by atoms with van der Waals surface area (Å²) in [6.07, 6.45) is -13.3. The Labute approximate surface area is 168 Å². The molecule has 1 aliphatic rings. The zero-order chi connectivity index (χ0) is 15.9. The third-order valence-electron chi connectivity index (χ3n) is 2.56. The summed E-state index contributed by atoms with van der Waals surface area (Å²) < 4.78 is 28.9. The molecule has 1 fully saturated rings. The van der Waals surface area contributed by atoms with E-state index in [0.29, 0.717) is 0 Å². The summed E-state index contributed by atoms with van der Waals surface area (Å²) in [4.78, 5) is 38.1. The second-order valence-electron chi connectivity index (χ2n) is 4.04. The summed E-state index contributed by atoms with van der Waals surface area (Å²) in [6.45, 7) is 0. The van der Waals surface area contributed by atoms with Gasteiger partial charge in [0.1, 0.15) is 36.6 Å². The Balaban J connectivity index is 0. The van der Waals surface area contributed by atoms with Crippen LogP contribution in [0.5, 0.6) is 0 Å². The molecular weight excluding hydrogens is 372 g/mol. The Morgan fingerprint density at radius 3 is 1.18 bits per heavy atom. The number of aliphatic hydroxyl groups is 4. The molecule has 6 unspecified atom stereocenters. The van der Waals surface area contributed by atoms with E-state index in [1.165, 1.54) is 0 Å². The second-order valence-corrected chi connectivity index (χ2v) is 6.34. The van der Waals surface area contributed by atoms with Crippen LogP contribution in [-0.2, 0) is 18.2 Å². The van der Waals surface area contributed by atoms with Crippen LogP contribution in [0.4, 0.5) is 0 Å². The number of aliphatic hydroxyl groups excluding tert-OH is 4. The Bertz CT molecular complexity index is 399. The fourth-order valence-electron chi connectivity index (χ4n) is 1.74. The largest absolute Gasteiger partial charge is 1.00 e. The Hall–Kier alpha value is 2.06. The standard InChI is InChI=1S/C6H14O12P2.2Na/c7-1-2(8)5(17-19(11,12)13)4(10)6(3(1)9)18-20(14,15)16;;/h1-10H,(H2,11,12,13)(H2,14,15,16);;/q;2*+1/p-2. The average molecular weight is 384 g/mol. The first-order chi connectivity index (χ1) is 8.83. The van der Waals surface area contributed by atoms with Crippen molar-refractivity contribution in [1.29, 1.82) is 0 Å². The Morgan fingerprint density at radius 2 is 0.955 bits per heavy atom. The molecule has 6 atom stereocenters. The summed E-state index contributed by atoms with van der Waals surface area (Å²) in [6, 6.07) is 0. The molecular formula is C6H12Na2O12P2. The quantitative estimate of drug-likeness (QED) is 0.196. The monoisotopic (exact) mass is 384 g/mol. The van der Waals surface area contributed by atoms with Gasteiger partial charge in [-0.3, -0.25) is 9.13 Å². The smallest absolute Gasteiger partial charge is 0.756 e. The number of hydrogen-bond donors (Lipinski definition) is 6. The predicted molar refractivity (Wildman–Crippen MR) is 53.4 cm³/mol. The van der Waals surface area contributed by atoms with Crippen molar-refractivity contribution in [1.82, 2.24) is 0 Å². The molecule has 1 aliphatic carbocycles. The van der Waals surface area contributed by atoms with E-state index in [2.05, 4.69) is 9.05 Å². The van der Waals surface area contributed by atoms with Crippen molar-refractivity contribution in [2.75, 3.05) is 0 Å². The van der Waals surface area contributed by atoms with Gasteiger partial charge in [-0.1, -0.05) is 0 Å². The average Bonchev–Trinajstić information content (AvgIpc) is 2.25. The van der Waals surface area contributed by atoms with E-state index in [1.807, 2.05) is 0 Å². The summed E-state index contributed by atoms with van der Waals surface area (Å²) in [5, 5.41) is 37.8. The predicted octanol–water partition coefficient (Wildman–Crippen LogP) is -10.9. The van der Waals surface area contributed by atoms with E-state index < -0.39 is 52.3 Å². The van der Waals surface area contributed by atoms with E-state index >= 15 is 0 Å². The number of hydrogen-bond acceptors (Lipinski definition) is 10. The molecule has 1 rings (SSSR count). The minimum atomic E-state index is -5.46. The van der Waals surface area contributed by atoms with Crippen molar-refractivity contribution in [3.63, 3.8) is 0 Å². The second kappa shape index (κ2) is 9.67. The van der Waals surface area contributed by atoms with Gasteiger partial charge >= 0.3 is 59.1 Å². The van der Waals surface area contributed by atoms with Crippen LogP contribution < -0.4 is 68.9 Å². The molecule has 0 saturated heterocycles. The first-order valence-corrected chi connectivity index (χ1v) is 7.99. The third kappa shape index (κ3) is 7.52. The molecule has 0 aromatic rings. The molecule has 0 amide bonds. The third-order valence-corrected chi connectivity index (χ3v) is 3.58. The van der Waals surface area contributed by atoms with Crippen LogP contribution in [0.1, 0.15) is 0 Å². The summed E-state index contributed by atoms with van der Waals surface area (Å²) in [5.74, 6) is 0. The van der Waals surface area contributed by atoms with Crippen LogP contribution in [0.25, 0.3) is 0 Å². The van der Waals surface area contributed by atoms with Gasteiger partial charge in [0.25, 0.3) is 15.6 Å². The van der Waals surface area contributed by atoms with E-state index in [1.54, 1.807) is 0 Å². The first-order valence-electron chi connectivity index (χ1n) is 5.00. The molecule has 1 saturated carbocycles.